The first kappa shape index (κ1) is 32.5. The van der Waals surface area contributed by atoms with Gasteiger partial charge in [-0.3, -0.25) is 29.5 Å². The van der Waals surface area contributed by atoms with Gasteiger partial charge in [-0.25, -0.2) is 0 Å². The monoisotopic (exact) mass is 656 g/mol. The number of methoxy groups -OCH3 is 1. The summed E-state index contributed by atoms with van der Waals surface area (Å²) in [5, 5.41) is 17.6. The van der Waals surface area contributed by atoms with Crippen LogP contribution in [0.3, 0.4) is 0 Å². The van der Waals surface area contributed by atoms with E-state index in [1.165, 1.54) is 18.5 Å². The van der Waals surface area contributed by atoms with Gasteiger partial charge in [0.2, 0.25) is 11.8 Å². The highest BCUT2D eigenvalue weighted by molar-refractivity contribution is 6.04. The maximum Gasteiger partial charge on any atom is 0.276 e. The van der Waals surface area contributed by atoms with Gasteiger partial charge in [0.05, 0.1) is 30.5 Å². The van der Waals surface area contributed by atoms with Crippen LogP contribution >= 0.6 is 0 Å². The van der Waals surface area contributed by atoms with Gasteiger partial charge in [0, 0.05) is 69.4 Å². The fraction of sp³-hybridized carbons (Fsp3) is 0.583. The van der Waals surface area contributed by atoms with E-state index < -0.39 is 0 Å². The lowest BCUT2D eigenvalue weighted by Gasteiger charge is -2.38. The van der Waals surface area contributed by atoms with Crippen molar-refractivity contribution in [3.8, 4) is 0 Å². The summed E-state index contributed by atoms with van der Waals surface area (Å²) in [6, 6.07) is 8.67. The lowest BCUT2D eigenvalue weighted by atomic mass is 9.75. The van der Waals surface area contributed by atoms with Gasteiger partial charge < -0.3 is 19.9 Å². The topological polar surface area (TPSA) is 137 Å². The Morgan fingerprint density at radius 3 is 2.54 bits per heavy atom. The molecule has 0 bridgehead atoms. The van der Waals surface area contributed by atoms with E-state index in [1.54, 1.807) is 13.3 Å². The van der Waals surface area contributed by atoms with Gasteiger partial charge in [0.25, 0.3) is 5.91 Å². The molecule has 0 spiro atoms. The van der Waals surface area contributed by atoms with Crippen molar-refractivity contribution in [1.82, 2.24) is 30.2 Å². The molecule has 0 saturated carbocycles. The number of nitrogens with zero attached hydrogens (tertiary/aromatic N) is 5. The number of anilines is 2. The summed E-state index contributed by atoms with van der Waals surface area (Å²) < 4.78 is 7.44. The van der Waals surface area contributed by atoms with Crippen molar-refractivity contribution in [1.29, 1.82) is 0 Å². The van der Waals surface area contributed by atoms with Crippen LogP contribution in [0.1, 0.15) is 91.1 Å². The molecule has 3 fully saturated rings. The number of aromatic amines is 1. The molecular weight excluding hydrogens is 608 g/mol. The molecular formula is C36H48N8O4. The molecule has 3 saturated heterocycles. The van der Waals surface area contributed by atoms with E-state index in [4.69, 9.17) is 4.74 Å². The second kappa shape index (κ2) is 13.8. The van der Waals surface area contributed by atoms with Gasteiger partial charge in [0.15, 0.2) is 5.69 Å². The Hall–Kier alpha value is -4.03. The van der Waals surface area contributed by atoms with Crippen LogP contribution in [0.2, 0.25) is 0 Å². The van der Waals surface area contributed by atoms with Gasteiger partial charge in [-0.1, -0.05) is 19.1 Å². The number of carbonyl (C=O) groups is 3. The van der Waals surface area contributed by atoms with E-state index in [1.807, 2.05) is 23.0 Å². The van der Waals surface area contributed by atoms with Crippen molar-refractivity contribution in [2.24, 2.45) is 11.3 Å². The predicted molar refractivity (Wildman–Crippen MR) is 182 cm³/mol. The normalized spacial score (nSPS) is 24.4. The first-order chi connectivity index (χ1) is 23.3. The number of hydrogen-bond acceptors (Lipinski definition) is 8. The molecule has 2 aromatic heterocycles. The van der Waals surface area contributed by atoms with Gasteiger partial charge in [-0.15, -0.1) is 0 Å². The molecule has 48 heavy (non-hydrogen) atoms. The number of likely N-dealkylation sites (tertiary alicyclic amines) is 1. The Kier molecular flexibility index (Phi) is 9.37. The number of ether oxygens (including phenoxy) is 1. The van der Waals surface area contributed by atoms with Gasteiger partial charge >= 0.3 is 0 Å². The number of hydrogen-bond donors (Lipinski definition) is 3. The number of H-pyrrole nitrogens is 1. The van der Waals surface area contributed by atoms with Crippen molar-refractivity contribution in [3.63, 3.8) is 0 Å². The minimum absolute atomic E-state index is 0.0629. The van der Waals surface area contributed by atoms with Crippen molar-refractivity contribution in [3.05, 3.63) is 59.2 Å². The van der Waals surface area contributed by atoms with E-state index in [2.05, 4.69) is 54.8 Å². The Balaban J connectivity index is 0.845. The number of benzene rings is 1. The Bertz CT molecular complexity index is 1620. The molecule has 2 atom stereocenters. The minimum atomic E-state index is -0.236. The number of imide groups is 1. The second-order valence-corrected chi connectivity index (χ2v) is 14.7. The summed E-state index contributed by atoms with van der Waals surface area (Å²) in [4.78, 5) is 42.0. The van der Waals surface area contributed by atoms with Gasteiger partial charge in [-0.2, -0.15) is 10.2 Å². The molecule has 1 unspecified atom stereocenters. The highest BCUT2D eigenvalue weighted by atomic mass is 16.5. The summed E-state index contributed by atoms with van der Waals surface area (Å²) in [6.45, 7) is 8.22. The summed E-state index contributed by atoms with van der Waals surface area (Å²) >= 11 is 0. The molecule has 0 radical (unpaired) electrons. The number of nitrogens with one attached hydrogen (secondary N) is 3. The zero-order valence-corrected chi connectivity index (χ0v) is 28.2. The zero-order chi connectivity index (χ0) is 33.3. The summed E-state index contributed by atoms with van der Waals surface area (Å²) in [5.41, 5.74) is 5.50. The van der Waals surface area contributed by atoms with Crippen LogP contribution in [0.5, 0.6) is 0 Å². The van der Waals surface area contributed by atoms with Gasteiger partial charge in [0.1, 0.15) is 0 Å². The van der Waals surface area contributed by atoms with E-state index in [0.29, 0.717) is 42.8 Å². The average molecular weight is 657 g/mol. The summed E-state index contributed by atoms with van der Waals surface area (Å²) in [6.07, 6.45) is 11.7. The molecule has 1 aliphatic carbocycles. The maximum absolute atomic E-state index is 13.2. The van der Waals surface area contributed by atoms with Crippen LogP contribution in [0.15, 0.2) is 36.7 Å². The molecule has 3 aliphatic heterocycles. The summed E-state index contributed by atoms with van der Waals surface area (Å²) in [5.74, 6) is -0.0933. The van der Waals surface area contributed by atoms with E-state index >= 15 is 0 Å². The quantitative estimate of drug-likeness (QED) is 0.293. The maximum atomic E-state index is 13.2. The fourth-order valence-electron chi connectivity index (χ4n) is 8.25. The molecule has 12 nitrogen and oxygen atoms in total. The van der Waals surface area contributed by atoms with Crippen LogP contribution in [-0.4, -0.2) is 89.0 Å². The van der Waals surface area contributed by atoms with Crippen molar-refractivity contribution in [2.75, 3.05) is 56.7 Å². The number of fused-ring (bicyclic) bond motifs is 1. The lowest BCUT2D eigenvalue weighted by Crippen LogP contribution is -2.42. The molecule has 256 valence electrons. The first-order valence-corrected chi connectivity index (χ1v) is 17.6. The van der Waals surface area contributed by atoms with Crippen LogP contribution in [0.4, 0.5) is 11.4 Å². The van der Waals surface area contributed by atoms with Crippen molar-refractivity contribution < 1.29 is 19.1 Å². The van der Waals surface area contributed by atoms with Gasteiger partial charge in [-0.05, 0) is 80.4 Å². The predicted octanol–water partition coefficient (Wildman–Crippen LogP) is 4.07. The Morgan fingerprint density at radius 1 is 1.04 bits per heavy atom. The second-order valence-electron chi connectivity index (χ2n) is 14.7. The van der Waals surface area contributed by atoms with E-state index in [0.717, 1.165) is 81.6 Å². The number of amides is 3. The molecule has 3 amide bonds. The third kappa shape index (κ3) is 7.05. The van der Waals surface area contributed by atoms with Crippen molar-refractivity contribution in [2.45, 2.75) is 76.7 Å². The molecule has 1 aromatic carbocycles. The van der Waals surface area contributed by atoms with Crippen LogP contribution in [-0.2, 0) is 27.2 Å². The SMILES string of the molecule is COC[C@@]1(C)CCc2c(C(=O)Nc3cnn(C4CCN(CC5CCN(c6ccc(C7CCC(=O)NC7=O)cc6)CC5)CC4)c3)n[nH]c2C1. The molecule has 5 heterocycles. The molecule has 7 rings (SSSR count). The molecule has 3 N–H and O–H groups in total. The minimum Gasteiger partial charge on any atom is -0.384 e. The average Bonchev–Trinajstić information content (AvgIpc) is 3.72. The van der Waals surface area contributed by atoms with Crippen LogP contribution in [0, 0.1) is 11.3 Å². The van der Waals surface area contributed by atoms with Crippen LogP contribution < -0.4 is 15.5 Å². The number of piperidine rings is 3. The highest BCUT2D eigenvalue weighted by Gasteiger charge is 2.34. The fourth-order valence-corrected chi connectivity index (χ4v) is 8.25. The van der Waals surface area contributed by atoms with Crippen molar-refractivity contribution >= 4 is 29.1 Å². The third-order valence-electron chi connectivity index (χ3n) is 11.1. The molecule has 12 heteroatoms. The largest absolute Gasteiger partial charge is 0.384 e. The zero-order valence-electron chi connectivity index (χ0n) is 28.2. The Labute approximate surface area is 282 Å². The molecule has 4 aliphatic rings. The lowest BCUT2D eigenvalue weighted by molar-refractivity contribution is -0.134. The highest BCUT2D eigenvalue weighted by Crippen LogP contribution is 2.36. The number of aromatic nitrogens is 4. The third-order valence-corrected chi connectivity index (χ3v) is 11.1. The van der Waals surface area contributed by atoms with E-state index in [9.17, 15) is 14.4 Å². The Morgan fingerprint density at radius 2 is 1.81 bits per heavy atom. The van der Waals surface area contributed by atoms with Crippen LogP contribution in [0.25, 0.3) is 0 Å². The van der Waals surface area contributed by atoms with E-state index in [-0.39, 0.29) is 29.1 Å². The smallest absolute Gasteiger partial charge is 0.276 e. The molecule has 3 aromatic rings. The number of rotatable bonds is 9. The summed E-state index contributed by atoms with van der Waals surface area (Å²) in [7, 11) is 1.73. The standard InChI is InChI=1S/C36H48N8O4/c1-36(23-48-2)14-9-30-31(19-36)40-41-33(30)35(47)38-26-20-37-44(22-26)28-12-15-42(16-13-28)21-24-10-17-43(18-11-24)27-5-3-25(4-6-27)29-7-8-32(45)39-34(29)46/h3-6,20,22,24,28-29H,7-19,21,23H2,1-2H3,(H,38,47)(H,40,41)(H,39,45,46)/t29?,36-/m0/s1. The first-order valence-electron chi connectivity index (χ1n) is 17.6. The number of carbonyl (C=O) groups excluding carboxylic acids is 3.